The number of hydrogen-bond donors (Lipinski definition) is 1. The molecule has 11 heteroatoms. The van der Waals surface area contributed by atoms with Crippen molar-refractivity contribution in [1.82, 2.24) is 20.1 Å². The molecule has 1 aromatic heterocycles. The number of halogens is 1. The molecule has 3 amide bonds. The number of rotatable bonds is 7. The monoisotopic (exact) mass is 546 g/mol. The Morgan fingerprint density at radius 3 is 2.37 bits per heavy atom. The zero-order valence-electron chi connectivity index (χ0n) is 22.5. The highest BCUT2D eigenvalue weighted by Crippen LogP contribution is 2.24. The van der Waals surface area contributed by atoms with Gasteiger partial charge >= 0.3 is 12.1 Å². The number of carbonyl (C=O) groups is 4. The van der Waals surface area contributed by atoms with Gasteiger partial charge in [0.1, 0.15) is 17.2 Å². The van der Waals surface area contributed by atoms with Gasteiger partial charge in [-0.1, -0.05) is 23.7 Å². The third-order valence-electron chi connectivity index (χ3n) is 5.97. The molecule has 10 nitrogen and oxygen atoms in total. The molecule has 1 N–H and O–H groups in total. The van der Waals surface area contributed by atoms with Gasteiger partial charge in [-0.25, -0.2) is 9.78 Å². The van der Waals surface area contributed by atoms with Gasteiger partial charge in [0.2, 0.25) is 5.91 Å². The van der Waals surface area contributed by atoms with Crippen LogP contribution < -0.4 is 5.32 Å². The molecule has 1 atom stereocenters. The number of hydrogen-bond acceptors (Lipinski definition) is 7. The number of esters is 1. The summed E-state index contributed by atoms with van der Waals surface area (Å²) in [7, 11) is 0. The molecule has 0 bridgehead atoms. The third-order valence-corrected chi connectivity index (χ3v) is 6.29. The van der Waals surface area contributed by atoms with Crippen LogP contribution in [0, 0.1) is 12.8 Å². The highest BCUT2D eigenvalue weighted by atomic mass is 35.5. The lowest BCUT2D eigenvalue weighted by molar-refractivity contribution is -0.165. The molecule has 1 aliphatic rings. The van der Waals surface area contributed by atoms with Crippen molar-refractivity contribution < 1.29 is 28.7 Å². The minimum atomic E-state index is -1.11. The Hall–Kier alpha value is -3.40. The molecule has 0 saturated carbocycles. The summed E-state index contributed by atoms with van der Waals surface area (Å²) in [5, 5.41) is 3.89. The Balaban J connectivity index is 1.67. The van der Waals surface area contributed by atoms with Crippen molar-refractivity contribution in [2.24, 2.45) is 5.92 Å². The Morgan fingerprint density at radius 2 is 1.74 bits per heavy atom. The average molecular weight is 547 g/mol. The van der Waals surface area contributed by atoms with Crippen LogP contribution >= 0.6 is 11.6 Å². The molecule has 2 aromatic rings. The van der Waals surface area contributed by atoms with Crippen molar-refractivity contribution in [1.29, 1.82) is 0 Å². The third kappa shape index (κ3) is 7.56. The van der Waals surface area contributed by atoms with Crippen molar-refractivity contribution in [3.63, 3.8) is 0 Å². The summed E-state index contributed by atoms with van der Waals surface area (Å²) in [4.78, 5) is 58.6. The van der Waals surface area contributed by atoms with E-state index >= 15 is 0 Å². The second kappa shape index (κ2) is 12.4. The Kier molecular flexibility index (Phi) is 9.54. The smallest absolute Gasteiger partial charge is 0.409 e. The van der Waals surface area contributed by atoms with E-state index in [1.807, 2.05) is 25.1 Å². The lowest BCUT2D eigenvalue weighted by atomic mass is 10.0. The van der Waals surface area contributed by atoms with Crippen LogP contribution in [0.15, 0.2) is 24.3 Å². The van der Waals surface area contributed by atoms with Crippen LogP contribution in [-0.2, 0) is 19.1 Å². The lowest BCUT2D eigenvalue weighted by Gasteiger charge is -2.35. The van der Waals surface area contributed by atoms with Gasteiger partial charge in [0.15, 0.2) is 0 Å². The average Bonchev–Trinajstić information content (AvgIpc) is 2.85. The summed E-state index contributed by atoms with van der Waals surface area (Å²) in [6.45, 7) is 10.3. The van der Waals surface area contributed by atoms with E-state index in [0.717, 1.165) is 10.9 Å². The zero-order chi connectivity index (χ0) is 28.0. The number of nitrogens with one attached hydrogen (secondary N) is 1. The van der Waals surface area contributed by atoms with Crippen molar-refractivity contribution in [3.8, 4) is 0 Å². The normalized spacial score (nSPS) is 14.7. The van der Waals surface area contributed by atoms with Crippen LogP contribution in [0.4, 0.5) is 4.79 Å². The molecule has 3 rings (SSSR count). The van der Waals surface area contributed by atoms with Gasteiger partial charge in [-0.3, -0.25) is 14.4 Å². The number of pyridine rings is 1. The largest absolute Gasteiger partial charge is 0.459 e. The maximum atomic E-state index is 13.3. The first-order valence-electron chi connectivity index (χ1n) is 12.7. The summed E-state index contributed by atoms with van der Waals surface area (Å²) in [5.41, 5.74) is 0.945. The summed E-state index contributed by atoms with van der Waals surface area (Å²) in [6.07, 6.45) is -0.388. The maximum Gasteiger partial charge on any atom is 0.409 e. The van der Waals surface area contributed by atoms with Gasteiger partial charge in [-0.2, -0.15) is 0 Å². The molecule has 1 saturated heterocycles. The van der Waals surface area contributed by atoms with E-state index in [0.29, 0.717) is 23.6 Å². The minimum absolute atomic E-state index is 0.0397. The minimum Gasteiger partial charge on any atom is -0.459 e. The Bertz CT molecular complexity index is 1200. The number of carbonyl (C=O) groups excluding carboxylic acids is 4. The number of amides is 3. The van der Waals surface area contributed by atoms with Gasteiger partial charge in [0, 0.05) is 38.1 Å². The van der Waals surface area contributed by atoms with E-state index in [1.165, 1.54) is 11.0 Å². The summed E-state index contributed by atoms with van der Waals surface area (Å²) in [6, 6.07) is 7.11. The number of aryl methyl sites for hydroxylation is 1. The number of piperazine rings is 1. The molecule has 1 unspecified atom stereocenters. The molecule has 1 aliphatic heterocycles. The van der Waals surface area contributed by atoms with E-state index < -0.39 is 35.4 Å². The van der Waals surface area contributed by atoms with Gasteiger partial charge in [0.25, 0.3) is 5.91 Å². The fraction of sp³-hybridized carbons (Fsp3) is 0.519. The van der Waals surface area contributed by atoms with Crippen LogP contribution in [0.25, 0.3) is 10.9 Å². The zero-order valence-corrected chi connectivity index (χ0v) is 23.3. The first-order chi connectivity index (χ1) is 17.9. The highest BCUT2D eigenvalue weighted by Gasteiger charge is 2.36. The number of fused-ring (bicyclic) bond motifs is 1. The second-order valence-corrected chi connectivity index (χ2v) is 10.6. The number of benzene rings is 1. The van der Waals surface area contributed by atoms with Gasteiger partial charge in [0.05, 0.1) is 17.1 Å². The fourth-order valence-electron chi connectivity index (χ4n) is 4.09. The van der Waals surface area contributed by atoms with Gasteiger partial charge in [-0.05, 0) is 58.7 Å². The number of nitrogens with zero attached hydrogens (tertiary/aromatic N) is 3. The van der Waals surface area contributed by atoms with Crippen LogP contribution in [0.3, 0.4) is 0 Å². The predicted octanol–water partition coefficient (Wildman–Crippen LogP) is 3.58. The molecular formula is C27H35ClN4O6. The molecule has 1 fully saturated rings. The first kappa shape index (κ1) is 29.2. The van der Waals surface area contributed by atoms with Crippen molar-refractivity contribution in [2.45, 2.75) is 46.6 Å². The molecular weight excluding hydrogens is 512 g/mol. The molecule has 2 heterocycles. The SMILES string of the molecule is CCOC(=O)N1CCN(C(=O)C(CCNC(=O)c2cc(Cl)c3ccc(C)cc3n2)C(=O)OC(C)(C)C)CC1. The van der Waals surface area contributed by atoms with E-state index in [4.69, 9.17) is 21.1 Å². The quantitative estimate of drug-likeness (QED) is 0.416. The molecule has 206 valence electrons. The van der Waals surface area contributed by atoms with Crippen LogP contribution in [0.2, 0.25) is 5.02 Å². The van der Waals surface area contributed by atoms with Crippen LogP contribution in [0.5, 0.6) is 0 Å². The van der Waals surface area contributed by atoms with Gasteiger partial charge in [-0.15, -0.1) is 0 Å². The predicted molar refractivity (Wildman–Crippen MR) is 143 cm³/mol. The molecule has 38 heavy (non-hydrogen) atoms. The second-order valence-electron chi connectivity index (χ2n) is 10.2. The number of aromatic nitrogens is 1. The maximum absolute atomic E-state index is 13.3. The summed E-state index contributed by atoms with van der Waals surface area (Å²) >= 11 is 6.36. The van der Waals surface area contributed by atoms with E-state index in [-0.39, 0.29) is 38.4 Å². The van der Waals surface area contributed by atoms with Crippen LogP contribution in [0.1, 0.15) is 50.2 Å². The summed E-state index contributed by atoms with van der Waals surface area (Å²) < 4.78 is 10.5. The fourth-order valence-corrected chi connectivity index (χ4v) is 4.36. The van der Waals surface area contributed by atoms with Crippen molar-refractivity contribution in [3.05, 3.63) is 40.5 Å². The first-order valence-corrected chi connectivity index (χ1v) is 13.1. The van der Waals surface area contributed by atoms with E-state index in [1.54, 1.807) is 32.6 Å². The molecule has 0 spiro atoms. The highest BCUT2D eigenvalue weighted by molar-refractivity contribution is 6.35. The van der Waals surface area contributed by atoms with Crippen molar-refractivity contribution >= 4 is 46.4 Å². The summed E-state index contributed by atoms with van der Waals surface area (Å²) in [5.74, 6) is -2.64. The molecule has 0 radical (unpaired) electrons. The Morgan fingerprint density at radius 1 is 1.08 bits per heavy atom. The van der Waals surface area contributed by atoms with Gasteiger partial charge < -0.3 is 24.6 Å². The number of ether oxygens (including phenoxy) is 2. The topological polar surface area (TPSA) is 118 Å². The van der Waals surface area contributed by atoms with E-state index in [9.17, 15) is 19.2 Å². The van der Waals surface area contributed by atoms with E-state index in [2.05, 4.69) is 10.3 Å². The van der Waals surface area contributed by atoms with Crippen molar-refractivity contribution in [2.75, 3.05) is 39.3 Å². The molecule has 1 aromatic carbocycles. The standard InChI is InChI=1S/C27H35ClN4O6/c1-6-37-26(36)32-13-11-31(12-14-32)24(34)19(25(35)38-27(3,4)5)9-10-29-23(33)22-16-20(28)18-8-7-17(2)15-21(18)30-22/h7-8,15-16,19H,6,9-14H2,1-5H3,(H,29,33). The Labute approximate surface area is 227 Å². The molecule has 0 aliphatic carbocycles. The lowest BCUT2D eigenvalue weighted by Crippen LogP contribution is -2.53. The van der Waals surface area contributed by atoms with Crippen LogP contribution in [-0.4, -0.2) is 83.6 Å².